The molecule has 0 spiro atoms. The molecule has 7 heteroatoms. The Morgan fingerprint density at radius 2 is 1.68 bits per heavy atom. The van der Waals surface area contributed by atoms with E-state index in [0.717, 1.165) is 24.1 Å². The average molecular weight is 499 g/mol. The zero-order valence-electron chi connectivity index (χ0n) is 21.3. The Kier molecular flexibility index (Phi) is 6.97. The van der Waals surface area contributed by atoms with Crippen LogP contribution in [0.5, 0.6) is 11.5 Å². The average Bonchev–Trinajstić information content (AvgIpc) is 3.19. The smallest absolute Gasteiger partial charge is 0.290 e. The van der Waals surface area contributed by atoms with E-state index in [1.54, 1.807) is 30.2 Å². The highest BCUT2D eigenvalue weighted by Gasteiger charge is 2.42. The highest BCUT2D eigenvalue weighted by atomic mass is 16.5. The number of benzene rings is 3. The molecule has 5 rings (SSSR count). The fraction of sp³-hybridized carbons (Fsp3) is 0.267. The van der Waals surface area contributed by atoms with E-state index in [1.165, 1.54) is 0 Å². The van der Waals surface area contributed by atoms with Crippen LogP contribution in [0.4, 0.5) is 0 Å². The Labute approximate surface area is 215 Å². The zero-order chi connectivity index (χ0) is 25.9. The number of nitrogens with zero attached hydrogens (tertiary/aromatic N) is 2. The van der Waals surface area contributed by atoms with Crippen LogP contribution in [0, 0.1) is 0 Å². The summed E-state index contributed by atoms with van der Waals surface area (Å²) in [7, 11) is 5.54. The van der Waals surface area contributed by atoms with Gasteiger partial charge in [-0.05, 0) is 62.5 Å². The van der Waals surface area contributed by atoms with Crippen LogP contribution < -0.4 is 14.9 Å². The summed E-state index contributed by atoms with van der Waals surface area (Å²) >= 11 is 0. The van der Waals surface area contributed by atoms with Crippen LogP contribution in [-0.2, 0) is 6.61 Å². The minimum atomic E-state index is -0.532. The molecule has 0 fully saturated rings. The minimum Gasteiger partial charge on any atom is -0.497 e. The van der Waals surface area contributed by atoms with Crippen molar-refractivity contribution in [2.24, 2.45) is 0 Å². The summed E-state index contributed by atoms with van der Waals surface area (Å²) in [6.45, 7) is 1.78. The van der Waals surface area contributed by atoms with Crippen LogP contribution >= 0.6 is 0 Å². The monoisotopic (exact) mass is 498 g/mol. The summed E-state index contributed by atoms with van der Waals surface area (Å²) in [5.41, 5.74) is 2.44. The highest BCUT2D eigenvalue weighted by molar-refractivity contribution is 5.99. The van der Waals surface area contributed by atoms with Gasteiger partial charge < -0.3 is 23.7 Å². The van der Waals surface area contributed by atoms with Gasteiger partial charge in [0.05, 0.1) is 24.1 Å². The van der Waals surface area contributed by atoms with Gasteiger partial charge in [-0.15, -0.1) is 0 Å². The molecule has 4 aromatic rings. The number of ether oxygens (including phenoxy) is 2. The van der Waals surface area contributed by atoms with Crippen molar-refractivity contribution < 1.29 is 18.7 Å². The first-order valence-electron chi connectivity index (χ1n) is 12.3. The van der Waals surface area contributed by atoms with E-state index in [2.05, 4.69) is 4.90 Å². The Balaban J connectivity index is 1.51. The summed E-state index contributed by atoms with van der Waals surface area (Å²) in [6.07, 6.45) is 0.767. The SMILES string of the molecule is COc1ccc2c(=O)c3c(oc2c1)C(=O)N(CCCN(C)C)C3c1ccc(OCc2ccccc2)cc1. The van der Waals surface area contributed by atoms with Gasteiger partial charge in [0.2, 0.25) is 5.76 Å². The second kappa shape index (κ2) is 10.5. The maximum Gasteiger partial charge on any atom is 0.290 e. The maximum atomic E-state index is 13.7. The van der Waals surface area contributed by atoms with Crippen molar-refractivity contribution in [3.63, 3.8) is 0 Å². The predicted octanol–water partition coefficient (Wildman–Crippen LogP) is 4.88. The molecular formula is C30H30N2O5. The molecule has 0 N–H and O–H groups in total. The van der Waals surface area contributed by atoms with Crippen molar-refractivity contribution in [3.8, 4) is 11.5 Å². The maximum absolute atomic E-state index is 13.7. The van der Waals surface area contributed by atoms with E-state index in [4.69, 9.17) is 13.9 Å². The number of methoxy groups -OCH3 is 1. The third-order valence-corrected chi connectivity index (χ3v) is 6.62. The molecule has 1 atom stereocenters. The lowest BCUT2D eigenvalue weighted by Gasteiger charge is -2.26. The molecule has 1 aliphatic rings. The molecule has 0 bridgehead atoms. The van der Waals surface area contributed by atoms with Crippen LogP contribution in [0.15, 0.2) is 82.0 Å². The molecule has 37 heavy (non-hydrogen) atoms. The van der Waals surface area contributed by atoms with Gasteiger partial charge >= 0.3 is 0 Å². The third kappa shape index (κ3) is 4.95. The molecule has 0 saturated heterocycles. The topological polar surface area (TPSA) is 72.2 Å². The van der Waals surface area contributed by atoms with Gasteiger partial charge in [0, 0.05) is 12.6 Å². The van der Waals surface area contributed by atoms with Crippen LogP contribution in [0.25, 0.3) is 11.0 Å². The van der Waals surface area contributed by atoms with Crippen LogP contribution in [-0.4, -0.2) is 50.0 Å². The number of hydrogen-bond acceptors (Lipinski definition) is 6. The number of amides is 1. The van der Waals surface area contributed by atoms with Gasteiger partial charge in [-0.3, -0.25) is 9.59 Å². The Morgan fingerprint density at radius 3 is 2.38 bits per heavy atom. The molecule has 0 saturated carbocycles. The van der Waals surface area contributed by atoms with Crippen LogP contribution in [0.3, 0.4) is 0 Å². The number of hydrogen-bond donors (Lipinski definition) is 0. The Bertz CT molecular complexity index is 1460. The first-order valence-corrected chi connectivity index (χ1v) is 12.3. The largest absolute Gasteiger partial charge is 0.497 e. The van der Waals surface area contributed by atoms with Crippen molar-refractivity contribution in [2.45, 2.75) is 19.1 Å². The molecule has 0 radical (unpaired) electrons. The Hall–Kier alpha value is -4.10. The molecule has 7 nitrogen and oxygen atoms in total. The summed E-state index contributed by atoms with van der Waals surface area (Å²) in [6, 6.07) is 22.1. The van der Waals surface area contributed by atoms with Crippen molar-refractivity contribution in [1.29, 1.82) is 0 Å². The van der Waals surface area contributed by atoms with Gasteiger partial charge in [0.1, 0.15) is 23.7 Å². The molecule has 0 aliphatic carbocycles. The number of carbonyl (C=O) groups is 1. The van der Waals surface area contributed by atoms with Gasteiger partial charge in [0.25, 0.3) is 5.91 Å². The number of fused-ring (bicyclic) bond motifs is 2. The summed E-state index contributed by atoms with van der Waals surface area (Å²) < 4.78 is 17.3. The summed E-state index contributed by atoms with van der Waals surface area (Å²) in [5, 5.41) is 0.426. The molecule has 1 aliphatic heterocycles. The summed E-state index contributed by atoms with van der Waals surface area (Å²) in [4.78, 5) is 31.1. The minimum absolute atomic E-state index is 0.102. The lowest BCUT2D eigenvalue weighted by Crippen LogP contribution is -2.32. The van der Waals surface area contributed by atoms with E-state index < -0.39 is 6.04 Å². The van der Waals surface area contributed by atoms with Crippen molar-refractivity contribution in [3.05, 3.63) is 105 Å². The fourth-order valence-corrected chi connectivity index (χ4v) is 4.75. The normalized spacial score (nSPS) is 14.9. The lowest BCUT2D eigenvalue weighted by molar-refractivity contribution is 0.0722. The molecule has 2 heterocycles. The standard InChI is InChI=1S/C30H30N2O5/c1-31(2)16-7-17-32-27(21-10-12-22(13-11-21)36-19-20-8-5-4-6-9-20)26-28(33)24-15-14-23(35-3)18-25(24)37-29(26)30(32)34/h4-6,8-15,18,27H,7,16-17,19H2,1-3H3. The van der Waals surface area contributed by atoms with Crippen molar-refractivity contribution in [1.82, 2.24) is 9.80 Å². The van der Waals surface area contributed by atoms with Crippen molar-refractivity contribution in [2.75, 3.05) is 34.3 Å². The van der Waals surface area contributed by atoms with E-state index in [-0.39, 0.29) is 17.1 Å². The lowest BCUT2D eigenvalue weighted by atomic mass is 9.98. The number of carbonyl (C=O) groups excluding carboxylic acids is 1. The van der Waals surface area contributed by atoms with Crippen molar-refractivity contribution >= 4 is 16.9 Å². The van der Waals surface area contributed by atoms with E-state index >= 15 is 0 Å². The van der Waals surface area contributed by atoms with Gasteiger partial charge in [0.15, 0.2) is 5.43 Å². The van der Waals surface area contributed by atoms with Gasteiger partial charge in [-0.1, -0.05) is 42.5 Å². The molecule has 190 valence electrons. The number of rotatable bonds is 9. The quantitative estimate of drug-likeness (QED) is 0.328. The van der Waals surface area contributed by atoms with E-state index in [9.17, 15) is 9.59 Å². The predicted molar refractivity (Wildman–Crippen MR) is 142 cm³/mol. The first kappa shape index (κ1) is 24.6. The Morgan fingerprint density at radius 1 is 0.946 bits per heavy atom. The van der Waals surface area contributed by atoms with E-state index in [1.807, 2.05) is 68.7 Å². The van der Waals surface area contributed by atoms with Crippen LogP contribution in [0.1, 0.15) is 39.7 Å². The van der Waals surface area contributed by atoms with Crippen LogP contribution in [0.2, 0.25) is 0 Å². The molecular weight excluding hydrogens is 468 g/mol. The second-order valence-electron chi connectivity index (χ2n) is 9.44. The molecule has 1 unspecified atom stereocenters. The molecule has 1 aromatic heterocycles. The van der Waals surface area contributed by atoms with E-state index in [0.29, 0.717) is 41.2 Å². The highest BCUT2D eigenvalue weighted by Crippen LogP contribution is 2.39. The second-order valence-corrected chi connectivity index (χ2v) is 9.44. The molecule has 1 amide bonds. The van der Waals surface area contributed by atoms with Gasteiger partial charge in [-0.2, -0.15) is 0 Å². The zero-order valence-corrected chi connectivity index (χ0v) is 21.3. The first-order chi connectivity index (χ1) is 18.0. The van der Waals surface area contributed by atoms with Gasteiger partial charge in [-0.25, -0.2) is 0 Å². The summed E-state index contributed by atoms with van der Waals surface area (Å²) in [5.74, 6) is 1.11. The third-order valence-electron chi connectivity index (χ3n) is 6.62. The molecule has 3 aromatic carbocycles. The fourth-order valence-electron chi connectivity index (χ4n) is 4.75.